The van der Waals surface area contributed by atoms with Gasteiger partial charge >= 0.3 is 0 Å². The quantitative estimate of drug-likeness (QED) is 0.914. The van der Waals surface area contributed by atoms with Crippen molar-refractivity contribution in [3.05, 3.63) is 66.0 Å². The molecule has 1 saturated heterocycles. The number of nitrogens with two attached hydrogens (primary N) is 1. The lowest BCUT2D eigenvalue weighted by Gasteiger charge is -2.48. The number of ether oxygens (including phenoxy) is 1. The highest BCUT2D eigenvalue weighted by Crippen LogP contribution is 2.46. The molecular weight excluding hydrogens is 276 g/mol. The largest absolute Gasteiger partial charge is 0.362 e. The summed E-state index contributed by atoms with van der Waals surface area (Å²) in [6.45, 7) is 0.0933. The first kappa shape index (κ1) is 13.2. The van der Waals surface area contributed by atoms with Gasteiger partial charge in [-0.3, -0.25) is 4.98 Å². The van der Waals surface area contributed by atoms with Gasteiger partial charge in [0.1, 0.15) is 10.9 Å². The number of pyridine rings is 1. The second-order valence-corrected chi connectivity index (χ2v) is 6.47. The van der Waals surface area contributed by atoms with Crippen LogP contribution in [0.5, 0.6) is 0 Å². The monoisotopic (exact) mass is 290 g/mol. The van der Waals surface area contributed by atoms with Gasteiger partial charge in [-0.15, -0.1) is 0 Å². The molecule has 6 heteroatoms. The van der Waals surface area contributed by atoms with Crippen LogP contribution in [-0.4, -0.2) is 25.3 Å². The summed E-state index contributed by atoms with van der Waals surface area (Å²) >= 11 is 0. The molecule has 0 aliphatic carbocycles. The first-order valence-corrected chi connectivity index (χ1v) is 7.78. The zero-order chi connectivity index (χ0) is 14.2. The van der Waals surface area contributed by atoms with E-state index in [-0.39, 0.29) is 6.61 Å². The summed E-state index contributed by atoms with van der Waals surface area (Å²) < 4.78 is 29.5. The average molecular weight is 290 g/mol. The smallest absolute Gasteiger partial charge is 0.217 e. The van der Waals surface area contributed by atoms with Gasteiger partial charge in [-0.2, -0.15) is 0 Å². The van der Waals surface area contributed by atoms with Crippen LogP contribution < -0.4 is 5.14 Å². The zero-order valence-electron chi connectivity index (χ0n) is 10.6. The molecule has 0 bridgehead atoms. The molecule has 1 aliphatic rings. The van der Waals surface area contributed by atoms with Crippen molar-refractivity contribution in [3.63, 3.8) is 0 Å². The molecule has 20 heavy (non-hydrogen) atoms. The van der Waals surface area contributed by atoms with Crippen LogP contribution in [-0.2, 0) is 20.4 Å². The van der Waals surface area contributed by atoms with Gasteiger partial charge in [0, 0.05) is 12.4 Å². The minimum atomic E-state index is -3.72. The Morgan fingerprint density at radius 1 is 1.10 bits per heavy atom. The Labute approximate surface area is 117 Å². The summed E-state index contributed by atoms with van der Waals surface area (Å²) in [7, 11) is -3.72. The van der Waals surface area contributed by atoms with Crippen molar-refractivity contribution < 1.29 is 13.2 Å². The van der Waals surface area contributed by atoms with Crippen molar-refractivity contribution in [1.82, 2.24) is 4.98 Å². The molecule has 2 atom stereocenters. The van der Waals surface area contributed by atoms with Gasteiger partial charge in [-0.25, -0.2) is 13.6 Å². The zero-order valence-corrected chi connectivity index (χ0v) is 11.5. The Bertz CT molecular complexity index is 662. The third kappa shape index (κ3) is 1.93. The van der Waals surface area contributed by atoms with E-state index in [1.165, 1.54) is 0 Å². The van der Waals surface area contributed by atoms with Gasteiger partial charge in [0.2, 0.25) is 10.0 Å². The van der Waals surface area contributed by atoms with E-state index in [0.717, 1.165) is 11.1 Å². The molecular formula is C14H14N2O3S. The highest BCUT2D eigenvalue weighted by atomic mass is 32.2. The molecule has 3 rings (SSSR count). The highest BCUT2D eigenvalue weighted by molar-refractivity contribution is 7.89. The molecule has 0 saturated carbocycles. The Balaban J connectivity index is 2.20. The summed E-state index contributed by atoms with van der Waals surface area (Å²) in [5, 5.41) is 4.58. The van der Waals surface area contributed by atoms with Crippen LogP contribution in [0.3, 0.4) is 0 Å². The Morgan fingerprint density at radius 2 is 1.70 bits per heavy atom. The second-order valence-electron chi connectivity index (χ2n) is 4.73. The third-order valence-electron chi connectivity index (χ3n) is 3.62. The second kappa shape index (κ2) is 4.66. The van der Waals surface area contributed by atoms with Crippen molar-refractivity contribution in [2.75, 3.05) is 6.61 Å². The van der Waals surface area contributed by atoms with Crippen LogP contribution in [0, 0.1) is 0 Å². The molecule has 2 N–H and O–H groups in total. The molecule has 2 heterocycles. The van der Waals surface area contributed by atoms with E-state index in [0.29, 0.717) is 0 Å². The van der Waals surface area contributed by atoms with Gasteiger partial charge in [-0.05, 0) is 23.3 Å². The van der Waals surface area contributed by atoms with Crippen molar-refractivity contribution in [2.45, 2.75) is 10.9 Å². The Hall–Kier alpha value is -1.76. The van der Waals surface area contributed by atoms with E-state index in [1.807, 2.05) is 30.3 Å². The summed E-state index contributed by atoms with van der Waals surface area (Å²) in [4.78, 5) is 3.96. The SMILES string of the molecule is NS(=O)(=O)C1COC1(c1ccccc1)c1ccncc1. The standard InChI is InChI=1S/C14H14N2O3S/c15-20(17,18)13-10-19-14(13,11-4-2-1-3-5-11)12-6-8-16-9-7-12/h1-9,13H,10H2,(H2,15,17,18). The van der Waals surface area contributed by atoms with E-state index < -0.39 is 20.9 Å². The third-order valence-corrected chi connectivity index (χ3v) is 4.89. The number of sulfonamides is 1. The van der Waals surface area contributed by atoms with Crippen molar-refractivity contribution in [2.24, 2.45) is 5.14 Å². The molecule has 1 fully saturated rings. The summed E-state index contributed by atoms with van der Waals surface area (Å²) in [5.41, 5.74) is 0.470. The number of rotatable bonds is 3. The van der Waals surface area contributed by atoms with Crippen LogP contribution in [0.2, 0.25) is 0 Å². The molecule has 104 valence electrons. The molecule has 1 aromatic heterocycles. The van der Waals surface area contributed by atoms with Gasteiger partial charge in [0.05, 0.1) is 6.61 Å². The van der Waals surface area contributed by atoms with E-state index in [2.05, 4.69) is 4.98 Å². The van der Waals surface area contributed by atoms with Gasteiger partial charge in [-0.1, -0.05) is 30.3 Å². The maximum atomic E-state index is 11.9. The van der Waals surface area contributed by atoms with E-state index in [9.17, 15) is 8.42 Å². The van der Waals surface area contributed by atoms with Crippen molar-refractivity contribution in [3.8, 4) is 0 Å². The minimum Gasteiger partial charge on any atom is -0.362 e. The Morgan fingerprint density at radius 3 is 2.20 bits per heavy atom. The lowest BCUT2D eigenvalue weighted by Crippen LogP contribution is -2.61. The summed E-state index contributed by atoms with van der Waals surface area (Å²) in [6.07, 6.45) is 3.23. The molecule has 2 aromatic rings. The maximum absolute atomic E-state index is 11.9. The number of benzene rings is 1. The lowest BCUT2D eigenvalue weighted by molar-refractivity contribution is -0.117. The van der Waals surface area contributed by atoms with Gasteiger partial charge in [0.25, 0.3) is 0 Å². The lowest BCUT2D eigenvalue weighted by atomic mass is 9.80. The molecule has 1 aromatic carbocycles. The summed E-state index contributed by atoms with van der Waals surface area (Å²) in [5.74, 6) is 0. The van der Waals surface area contributed by atoms with Crippen molar-refractivity contribution >= 4 is 10.0 Å². The van der Waals surface area contributed by atoms with E-state index in [4.69, 9.17) is 9.88 Å². The highest BCUT2D eigenvalue weighted by Gasteiger charge is 2.56. The van der Waals surface area contributed by atoms with Crippen LogP contribution >= 0.6 is 0 Å². The predicted molar refractivity (Wildman–Crippen MR) is 74.3 cm³/mol. The van der Waals surface area contributed by atoms with Crippen LogP contribution in [0.4, 0.5) is 0 Å². The van der Waals surface area contributed by atoms with Gasteiger partial charge in [0.15, 0.2) is 0 Å². The Kier molecular flexibility index (Phi) is 3.08. The predicted octanol–water partition coefficient (Wildman–Crippen LogP) is 1.01. The van der Waals surface area contributed by atoms with Crippen LogP contribution in [0.1, 0.15) is 11.1 Å². The molecule has 0 spiro atoms. The number of hydrogen-bond acceptors (Lipinski definition) is 4. The number of nitrogens with zero attached hydrogens (tertiary/aromatic N) is 1. The molecule has 0 radical (unpaired) electrons. The molecule has 0 amide bonds. The number of primary sulfonamides is 1. The van der Waals surface area contributed by atoms with Crippen molar-refractivity contribution in [1.29, 1.82) is 0 Å². The summed E-state index contributed by atoms with van der Waals surface area (Å²) in [6, 6.07) is 12.8. The molecule has 5 nitrogen and oxygen atoms in total. The topological polar surface area (TPSA) is 82.3 Å². The number of aromatic nitrogens is 1. The van der Waals surface area contributed by atoms with Crippen LogP contribution in [0.25, 0.3) is 0 Å². The number of hydrogen-bond donors (Lipinski definition) is 1. The minimum absolute atomic E-state index is 0.0933. The van der Waals surface area contributed by atoms with E-state index in [1.54, 1.807) is 24.5 Å². The fraction of sp³-hybridized carbons (Fsp3) is 0.214. The first-order chi connectivity index (χ1) is 9.55. The van der Waals surface area contributed by atoms with E-state index >= 15 is 0 Å². The normalized spacial score (nSPS) is 25.9. The average Bonchev–Trinajstić information content (AvgIpc) is 2.39. The fourth-order valence-corrected chi connectivity index (χ4v) is 3.70. The first-order valence-electron chi connectivity index (χ1n) is 6.17. The molecule has 1 aliphatic heterocycles. The van der Waals surface area contributed by atoms with Crippen LogP contribution in [0.15, 0.2) is 54.9 Å². The molecule has 2 unspecified atom stereocenters. The fourth-order valence-electron chi connectivity index (χ4n) is 2.63. The van der Waals surface area contributed by atoms with Gasteiger partial charge < -0.3 is 4.74 Å². The maximum Gasteiger partial charge on any atom is 0.217 e.